The Morgan fingerprint density at radius 3 is 2.36 bits per heavy atom. The quantitative estimate of drug-likeness (QED) is 0.290. The van der Waals surface area contributed by atoms with Crippen molar-refractivity contribution < 1.29 is 17.6 Å². The molecule has 1 fully saturated rings. The number of alkyl halides is 1. The van der Waals surface area contributed by atoms with Crippen LogP contribution >= 0.6 is 11.6 Å². The lowest BCUT2D eigenvalue weighted by Crippen LogP contribution is -2.47. The summed E-state index contributed by atoms with van der Waals surface area (Å²) in [5.41, 5.74) is 5.33. The van der Waals surface area contributed by atoms with E-state index in [2.05, 4.69) is 17.0 Å². The van der Waals surface area contributed by atoms with Gasteiger partial charge in [-0.05, 0) is 95.2 Å². The number of rotatable bonds is 7. The van der Waals surface area contributed by atoms with Gasteiger partial charge >= 0.3 is 0 Å². The normalized spacial score (nSPS) is 16.6. The lowest BCUT2D eigenvalue weighted by Gasteiger charge is -2.39. The van der Waals surface area contributed by atoms with Crippen molar-refractivity contribution >= 4 is 22.7 Å². The fourth-order valence-corrected chi connectivity index (χ4v) is 5.84. The minimum Gasteiger partial charge on any atom is -0.303 e. The van der Waals surface area contributed by atoms with Gasteiger partial charge in [-0.2, -0.15) is 0 Å². The SMILES string of the molecule is FCCCN1CC(Cc2ccc(C3=C(c4ccc(F)cc4Cl)CCCc4c(F)cc(F)cc43)cc2)C1. The summed E-state index contributed by atoms with van der Waals surface area (Å²) in [7, 11) is 0. The number of benzene rings is 3. The van der Waals surface area contributed by atoms with Crippen molar-refractivity contribution in [2.45, 2.75) is 32.1 Å². The summed E-state index contributed by atoms with van der Waals surface area (Å²) < 4.78 is 55.5. The highest BCUT2D eigenvalue weighted by atomic mass is 35.5. The molecule has 0 aromatic heterocycles. The predicted octanol–water partition coefficient (Wildman–Crippen LogP) is 7.89. The van der Waals surface area contributed by atoms with Crippen molar-refractivity contribution in [1.82, 2.24) is 4.90 Å². The van der Waals surface area contributed by atoms with E-state index in [1.54, 1.807) is 6.07 Å². The first-order valence-electron chi connectivity index (χ1n) is 12.5. The Kier molecular flexibility index (Phi) is 7.49. The van der Waals surface area contributed by atoms with Gasteiger partial charge in [0.15, 0.2) is 0 Å². The van der Waals surface area contributed by atoms with Crippen LogP contribution in [0.5, 0.6) is 0 Å². The predicted molar refractivity (Wildman–Crippen MR) is 137 cm³/mol. The molecule has 3 aromatic carbocycles. The van der Waals surface area contributed by atoms with Gasteiger partial charge in [0.05, 0.1) is 11.7 Å². The van der Waals surface area contributed by atoms with Crippen LogP contribution in [0.1, 0.15) is 47.1 Å². The largest absolute Gasteiger partial charge is 0.303 e. The highest BCUT2D eigenvalue weighted by Crippen LogP contribution is 2.42. The number of nitrogens with zero attached hydrogens (tertiary/aromatic N) is 1. The smallest absolute Gasteiger partial charge is 0.129 e. The fourth-order valence-electron chi connectivity index (χ4n) is 5.56. The number of hydrogen-bond acceptors (Lipinski definition) is 1. The van der Waals surface area contributed by atoms with Crippen LogP contribution in [0.25, 0.3) is 11.1 Å². The minimum atomic E-state index is -0.630. The molecule has 1 aliphatic heterocycles. The monoisotopic (exact) mass is 513 g/mol. The Labute approximate surface area is 214 Å². The molecule has 0 atom stereocenters. The summed E-state index contributed by atoms with van der Waals surface area (Å²) in [5.74, 6) is -1.06. The van der Waals surface area contributed by atoms with Gasteiger partial charge in [-0.1, -0.05) is 41.9 Å². The molecule has 3 aromatic rings. The van der Waals surface area contributed by atoms with Crippen molar-refractivity contribution in [3.05, 3.63) is 105 Å². The van der Waals surface area contributed by atoms with Crippen molar-refractivity contribution in [2.24, 2.45) is 5.92 Å². The second-order valence-corrected chi connectivity index (χ2v) is 10.2. The minimum absolute atomic E-state index is 0.277. The molecular weight excluding hydrogens is 486 g/mol. The molecule has 6 heteroatoms. The average molecular weight is 514 g/mol. The molecule has 0 amide bonds. The van der Waals surface area contributed by atoms with Crippen LogP contribution in [0.15, 0.2) is 54.6 Å². The average Bonchev–Trinajstić information content (AvgIpc) is 3.01. The molecule has 1 saturated heterocycles. The van der Waals surface area contributed by atoms with Crippen molar-refractivity contribution in [1.29, 1.82) is 0 Å². The first-order valence-corrected chi connectivity index (χ1v) is 12.8. The third-order valence-corrected chi connectivity index (χ3v) is 7.56. The van der Waals surface area contributed by atoms with E-state index in [9.17, 15) is 17.6 Å². The van der Waals surface area contributed by atoms with E-state index in [0.29, 0.717) is 48.3 Å². The number of likely N-dealkylation sites (tertiary alicyclic amines) is 1. The lowest BCUT2D eigenvalue weighted by molar-refractivity contribution is 0.0968. The maximum atomic E-state index is 14.9. The molecule has 1 aliphatic carbocycles. The molecular formula is C30H28ClF4N. The second-order valence-electron chi connectivity index (χ2n) is 9.81. The molecule has 0 bridgehead atoms. The summed E-state index contributed by atoms with van der Waals surface area (Å²) in [6, 6.07) is 14.7. The summed E-state index contributed by atoms with van der Waals surface area (Å²) in [4.78, 5) is 2.27. The van der Waals surface area contributed by atoms with Crippen LogP contribution in [0, 0.1) is 23.4 Å². The summed E-state index contributed by atoms with van der Waals surface area (Å²) in [6.45, 7) is 2.49. The van der Waals surface area contributed by atoms with Crippen LogP contribution in [0.2, 0.25) is 5.02 Å². The zero-order chi connectivity index (χ0) is 25.2. The van der Waals surface area contributed by atoms with Crippen molar-refractivity contribution in [2.75, 3.05) is 26.3 Å². The van der Waals surface area contributed by atoms with E-state index >= 15 is 0 Å². The van der Waals surface area contributed by atoms with Gasteiger partial charge in [0.1, 0.15) is 17.5 Å². The van der Waals surface area contributed by atoms with Gasteiger partial charge in [0, 0.05) is 25.7 Å². The zero-order valence-corrected chi connectivity index (χ0v) is 20.7. The fraction of sp³-hybridized carbons (Fsp3) is 0.333. The Morgan fingerprint density at radius 1 is 0.861 bits per heavy atom. The van der Waals surface area contributed by atoms with Crippen LogP contribution in [0.4, 0.5) is 17.6 Å². The highest BCUT2D eigenvalue weighted by Gasteiger charge is 2.27. The summed E-state index contributed by atoms with van der Waals surface area (Å²) in [5, 5.41) is 0.279. The van der Waals surface area contributed by atoms with Crippen molar-refractivity contribution in [3.63, 3.8) is 0 Å². The maximum Gasteiger partial charge on any atom is 0.129 e. The standard InChI is InChI=1S/C30H28ClF4N/c31-28-15-22(33)9-10-24(28)26-4-1-3-25-27(14-23(34)16-29(25)35)30(26)21-7-5-19(6-8-21)13-20-17-36(18-20)12-2-11-32/h5-10,14-16,20H,1-4,11-13,17-18H2. The van der Waals surface area contributed by atoms with Crippen LogP contribution in [0.3, 0.4) is 0 Å². The molecule has 0 saturated carbocycles. The van der Waals surface area contributed by atoms with Gasteiger partial charge in [0.25, 0.3) is 0 Å². The van der Waals surface area contributed by atoms with E-state index < -0.39 is 17.5 Å². The highest BCUT2D eigenvalue weighted by molar-refractivity contribution is 6.32. The molecule has 36 heavy (non-hydrogen) atoms. The number of halogens is 5. The summed E-state index contributed by atoms with van der Waals surface area (Å²) in [6.07, 6.45) is 3.27. The third kappa shape index (κ3) is 5.23. The number of allylic oxidation sites excluding steroid dienone is 1. The van der Waals surface area contributed by atoms with Gasteiger partial charge in [0.2, 0.25) is 0 Å². The van der Waals surface area contributed by atoms with E-state index in [1.165, 1.54) is 23.8 Å². The van der Waals surface area contributed by atoms with Crippen LogP contribution in [-0.2, 0) is 12.8 Å². The molecule has 0 N–H and O–H groups in total. The van der Waals surface area contributed by atoms with E-state index in [1.807, 2.05) is 12.1 Å². The number of hydrogen-bond donors (Lipinski definition) is 0. The number of fused-ring (bicyclic) bond motifs is 1. The van der Waals surface area contributed by atoms with E-state index in [0.717, 1.165) is 48.8 Å². The maximum absolute atomic E-state index is 14.9. The van der Waals surface area contributed by atoms with Gasteiger partial charge in [-0.15, -0.1) is 0 Å². The van der Waals surface area contributed by atoms with Crippen LogP contribution in [-0.4, -0.2) is 31.2 Å². The molecule has 1 heterocycles. The van der Waals surface area contributed by atoms with Gasteiger partial charge < -0.3 is 4.90 Å². The van der Waals surface area contributed by atoms with Crippen LogP contribution < -0.4 is 0 Å². The topological polar surface area (TPSA) is 3.24 Å². The Morgan fingerprint density at radius 2 is 1.64 bits per heavy atom. The van der Waals surface area contributed by atoms with E-state index in [-0.39, 0.29) is 11.7 Å². The molecule has 5 rings (SSSR count). The molecule has 0 spiro atoms. The first kappa shape index (κ1) is 25.0. The molecule has 0 radical (unpaired) electrons. The zero-order valence-electron chi connectivity index (χ0n) is 20.0. The Bertz CT molecular complexity index is 1280. The Balaban J connectivity index is 1.52. The van der Waals surface area contributed by atoms with Gasteiger partial charge in [-0.3, -0.25) is 4.39 Å². The van der Waals surface area contributed by atoms with E-state index in [4.69, 9.17) is 11.6 Å². The molecule has 0 unspecified atom stereocenters. The molecule has 2 aliphatic rings. The van der Waals surface area contributed by atoms with Gasteiger partial charge in [-0.25, -0.2) is 13.2 Å². The molecule has 1 nitrogen and oxygen atoms in total. The third-order valence-electron chi connectivity index (χ3n) is 7.25. The first-order chi connectivity index (χ1) is 17.4. The summed E-state index contributed by atoms with van der Waals surface area (Å²) >= 11 is 6.46. The second kappa shape index (κ2) is 10.8. The molecule has 188 valence electrons. The Hall–Kier alpha value is -2.63. The lowest BCUT2D eigenvalue weighted by atomic mass is 9.86. The van der Waals surface area contributed by atoms with Crippen molar-refractivity contribution in [3.8, 4) is 0 Å².